The molecule has 1 saturated heterocycles. The molecule has 0 spiro atoms. The van der Waals surface area contributed by atoms with Gasteiger partial charge in [0.05, 0.1) is 17.1 Å². The van der Waals surface area contributed by atoms with Gasteiger partial charge in [-0.15, -0.1) is 0 Å². The highest BCUT2D eigenvalue weighted by Crippen LogP contribution is 2.32. The molecule has 26 heavy (non-hydrogen) atoms. The van der Waals surface area contributed by atoms with Gasteiger partial charge in [0.2, 0.25) is 0 Å². The zero-order chi connectivity index (χ0) is 18.3. The van der Waals surface area contributed by atoms with Crippen molar-refractivity contribution in [2.75, 3.05) is 13.1 Å². The van der Waals surface area contributed by atoms with Crippen molar-refractivity contribution in [3.05, 3.63) is 62.7 Å². The van der Waals surface area contributed by atoms with Crippen LogP contribution in [-0.2, 0) is 13.6 Å². The number of hydrogen-bond donors (Lipinski definition) is 1. The lowest BCUT2D eigenvalue weighted by atomic mass is 10.2. The molecule has 0 saturated carbocycles. The summed E-state index contributed by atoms with van der Waals surface area (Å²) in [6.45, 7) is 3.70. The number of likely N-dealkylation sites (tertiary alicyclic amines) is 1. The van der Waals surface area contributed by atoms with Crippen molar-refractivity contribution in [3.8, 4) is 0 Å². The van der Waals surface area contributed by atoms with Gasteiger partial charge in [-0.3, -0.25) is 14.3 Å². The summed E-state index contributed by atoms with van der Waals surface area (Å²) >= 11 is 0. The quantitative estimate of drug-likeness (QED) is 0.772. The molecule has 1 N–H and O–H groups in total. The maximum atomic E-state index is 12.1. The van der Waals surface area contributed by atoms with E-state index in [9.17, 15) is 9.59 Å². The summed E-state index contributed by atoms with van der Waals surface area (Å²) in [5, 5.41) is 0. The van der Waals surface area contributed by atoms with Crippen LogP contribution in [0.1, 0.15) is 30.4 Å². The fourth-order valence-electron chi connectivity index (χ4n) is 3.92. The number of imidazole rings is 1. The number of nitrogens with zero attached hydrogens (tertiary/aromatic N) is 4. The Morgan fingerprint density at radius 2 is 2.04 bits per heavy atom. The number of aromatic amines is 1. The normalized spacial score (nSPS) is 18.0. The average Bonchev–Trinajstić information content (AvgIpc) is 3.19. The smallest absolute Gasteiger partial charge is 0.328 e. The van der Waals surface area contributed by atoms with Crippen LogP contribution in [0.3, 0.4) is 0 Å². The maximum absolute atomic E-state index is 12.1. The highest BCUT2D eigenvalue weighted by Gasteiger charge is 2.29. The van der Waals surface area contributed by atoms with Crippen LogP contribution in [0.15, 0.2) is 39.9 Å². The number of hydrogen-bond acceptors (Lipinski definition) is 4. The summed E-state index contributed by atoms with van der Waals surface area (Å²) in [5.41, 5.74) is 2.14. The van der Waals surface area contributed by atoms with Crippen molar-refractivity contribution in [2.24, 2.45) is 7.05 Å². The molecule has 2 aromatic heterocycles. The fourth-order valence-corrected chi connectivity index (χ4v) is 3.92. The zero-order valence-corrected chi connectivity index (χ0v) is 15.1. The Morgan fingerprint density at radius 1 is 1.23 bits per heavy atom. The van der Waals surface area contributed by atoms with Crippen molar-refractivity contribution in [1.29, 1.82) is 0 Å². The molecule has 0 unspecified atom stereocenters. The van der Waals surface area contributed by atoms with Gasteiger partial charge in [0.1, 0.15) is 5.82 Å². The van der Waals surface area contributed by atoms with E-state index in [0.717, 1.165) is 36.2 Å². The fraction of sp³-hybridized carbons (Fsp3) is 0.421. The summed E-state index contributed by atoms with van der Waals surface area (Å²) in [7, 11) is 2.05. The first-order valence-corrected chi connectivity index (χ1v) is 9.01. The molecule has 0 amide bonds. The van der Waals surface area contributed by atoms with Crippen LogP contribution in [0.4, 0.5) is 0 Å². The molecular formula is C19H23N5O2. The third kappa shape index (κ3) is 2.88. The predicted molar refractivity (Wildman–Crippen MR) is 100 cm³/mol. The number of para-hydroxylation sites is 2. The Hall–Kier alpha value is -2.67. The van der Waals surface area contributed by atoms with Gasteiger partial charge in [-0.2, -0.15) is 0 Å². The first-order chi connectivity index (χ1) is 12.5. The molecule has 1 aliphatic rings. The van der Waals surface area contributed by atoms with Crippen LogP contribution in [0.5, 0.6) is 0 Å². The molecule has 7 heteroatoms. The lowest BCUT2D eigenvalue weighted by Crippen LogP contribution is -2.39. The number of rotatable bonds is 4. The third-order valence-corrected chi connectivity index (χ3v) is 5.25. The van der Waals surface area contributed by atoms with E-state index in [0.29, 0.717) is 18.8 Å². The molecule has 1 fully saturated rings. The minimum atomic E-state index is -0.339. The van der Waals surface area contributed by atoms with Gasteiger partial charge in [-0.25, -0.2) is 9.78 Å². The van der Waals surface area contributed by atoms with E-state index in [1.54, 1.807) is 6.92 Å². The summed E-state index contributed by atoms with van der Waals surface area (Å²) < 4.78 is 3.43. The van der Waals surface area contributed by atoms with E-state index in [-0.39, 0.29) is 17.3 Å². The molecule has 1 aliphatic heterocycles. The third-order valence-electron chi connectivity index (χ3n) is 5.25. The molecule has 0 bridgehead atoms. The Bertz CT molecular complexity index is 1030. The van der Waals surface area contributed by atoms with E-state index < -0.39 is 0 Å². The second kappa shape index (κ2) is 6.57. The lowest BCUT2D eigenvalue weighted by molar-refractivity contribution is 0.234. The van der Waals surface area contributed by atoms with Gasteiger partial charge in [0, 0.05) is 31.9 Å². The lowest BCUT2D eigenvalue weighted by Gasteiger charge is -2.24. The van der Waals surface area contributed by atoms with Gasteiger partial charge in [0.15, 0.2) is 0 Å². The van der Waals surface area contributed by atoms with Crippen molar-refractivity contribution in [2.45, 2.75) is 32.4 Å². The molecule has 3 aromatic rings. The van der Waals surface area contributed by atoms with E-state index in [4.69, 9.17) is 4.98 Å². The second-order valence-corrected chi connectivity index (χ2v) is 6.96. The SMILES string of the molecule is Cc1cc(=O)n(CCN2CCC[C@@H]2c2nc3ccccc3n2C)c(=O)[nH]1. The first-order valence-electron chi connectivity index (χ1n) is 9.01. The van der Waals surface area contributed by atoms with Crippen LogP contribution in [-0.4, -0.2) is 37.1 Å². The van der Waals surface area contributed by atoms with Gasteiger partial charge in [-0.05, 0) is 38.4 Å². The molecule has 0 radical (unpaired) electrons. The summed E-state index contributed by atoms with van der Waals surface area (Å²) in [4.78, 5) is 34.0. The largest absolute Gasteiger partial charge is 0.330 e. The Balaban J connectivity index is 1.58. The van der Waals surface area contributed by atoms with Crippen molar-refractivity contribution in [3.63, 3.8) is 0 Å². The molecule has 0 aliphatic carbocycles. The van der Waals surface area contributed by atoms with Crippen LogP contribution in [0.2, 0.25) is 0 Å². The Labute approximate surface area is 150 Å². The molecule has 1 atom stereocenters. The number of aryl methyl sites for hydroxylation is 2. The predicted octanol–water partition coefficient (Wildman–Crippen LogP) is 1.57. The van der Waals surface area contributed by atoms with Gasteiger partial charge in [0.25, 0.3) is 5.56 Å². The van der Waals surface area contributed by atoms with E-state index in [1.165, 1.54) is 10.6 Å². The standard InChI is InChI=1S/C19H23N5O2/c1-13-12-17(25)24(19(26)20-13)11-10-23-9-5-8-16(23)18-21-14-6-3-4-7-15(14)22(18)2/h3-4,6-7,12,16H,5,8-11H2,1-2H3,(H,20,26)/t16-/m1/s1. The molecule has 136 valence electrons. The topological polar surface area (TPSA) is 75.9 Å². The maximum Gasteiger partial charge on any atom is 0.328 e. The zero-order valence-electron chi connectivity index (χ0n) is 15.1. The molecular weight excluding hydrogens is 330 g/mol. The number of H-pyrrole nitrogens is 1. The first kappa shape index (κ1) is 16.8. The summed E-state index contributed by atoms with van der Waals surface area (Å²) in [6.07, 6.45) is 2.13. The Kier molecular flexibility index (Phi) is 4.24. The van der Waals surface area contributed by atoms with Crippen LogP contribution < -0.4 is 11.2 Å². The van der Waals surface area contributed by atoms with Crippen molar-refractivity contribution in [1.82, 2.24) is 24.0 Å². The minimum Gasteiger partial charge on any atom is -0.330 e. The van der Waals surface area contributed by atoms with Crippen LogP contribution in [0, 0.1) is 6.92 Å². The number of fused-ring (bicyclic) bond motifs is 1. The number of nitrogens with one attached hydrogen (secondary N) is 1. The molecule has 7 nitrogen and oxygen atoms in total. The van der Waals surface area contributed by atoms with Gasteiger partial charge >= 0.3 is 5.69 Å². The molecule has 4 rings (SSSR count). The van der Waals surface area contributed by atoms with E-state index in [2.05, 4.69) is 27.6 Å². The van der Waals surface area contributed by atoms with Crippen LogP contribution in [0.25, 0.3) is 11.0 Å². The average molecular weight is 353 g/mol. The minimum absolute atomic E-state index is 0.215. The Morgan fingerprint density at radius 3 is 2.81 bits per heavy atom. The highest BCUT2D eigenvalue weighted by molar-refractivity contribution is 5.75. The number of benzene rings is 1. The molecule has 3 heterocycles. The van der Waals surface area contributed by atoms with Gasteiger partial charge in [-0.1, -0.05) is 12.1 Å². The van der Waals surface area contributed by atoms with E-state index in [1.807, 2.05) is 18.2 Å². The molecule has 1 aromatic carbocycles. The summed E-state index contributed by atoms with van der Waals surface area (Å²) in [5.74, 6) is 1.05. The van der Waals surface area contributed by atoms with Crippen molar-refractivity contribution < 1.29 is 0 Å². The van der Waals surface area contributed by atoms with Crippen LogP contribution >= 0.6 is 0 Å². The summed E-state index contributed by atoms with van der Waals surface area (Å²) in [6, 6.07) is 9.82. The van der Waals surface area contributed by atoms with Gasteiger partial charge < -0.3 is 9.55 Å². The monoisotopic (exact) mass is 353 g/mol. The van der Waals surface area contributed by atoms with E-state index >= 15 is 0 Å². The number of aromatic nitrogens is 4. The highest BCUT2D eigenvalue weighted by atomic mass is 16.2. The van der Waals surface area contributed by atoms with Crippen molar-refractivity contribution >= 4 is 11.0 Å². The second-order valence-electron chi connectivity index (χ2n) is 6.96.